The zero-order valence-electron chi connectivity index (χ0n) is 11.0. The summed E-state index contributed by atoms with van der Waals surface area (Å²) in [5.74, 6) is 0.234. The number of benzene rings is 1. The Morgan fingerprint density at radius 2 is 2.16 bits per heavy atom. The minimum atomic E-state index is -0.269. The van der Waals surface area contributed by atoms with Gasteiger partial charge in [0.05, 0.1) is 6.54 Å². The highest BCUT2D eigenvalue weighted by molar-refractivity contribution is 5.52. The molecule has 0 fully saturated rings. The lowest BCUT2D eigenvalue weighted by Gasteiger charge is -2.02. The Bertz CT molecular complexity index is 541. The first-order valence-corrected chi connectivity index (χ1v) is 6.25. The van der Waals surface area contributed by atoms with Gasteiger partial charge >= 0.3 is 6.01 Å². The maximum atomic E-state index is 13.4. The summed E-state index contributed by atoms with van der Waals surface area (Å²) in [6.45, 7) is 5.22. The Morgan fingerprint density at radius 1 is 1.32 bits per heavy atom. The molecule has 19 heavy (non-hydrogen) atoms. The average molecular weight is 264 g/mol. The standard InChI is InChI=1S/C13H17FN4O/c1-3-6-15-8-12-17-18-13(19-12)16-10-5-4-9(2)11(14)7-10/h4-5,7,15H,3,6,8H2,1-2H3,(H,16,18). The van der Waals surface area contributed by atoms with Crippen molar-refractivity contribution in [1.82, 2.24) is 15.5 Å². The van der Waals surface area contributed by atoms with E-state index in [0.29, 0.717) is 23.7 Å². The van der Waals surface area contributed by atoms with E-state index in [9.17, 15) is 4.39 Å². The highest BCUT2D eigenvalue weighted by Gasteiger charge is 2.06. The van der Waals surface area contributed by atoms with Crippen molar-refractivity contribution in [3.8, 4) is 0 Å². The van der Waals surface area contributed by atoms with Crippen LogP contribution in [0.5, 0.6) is 0 Å². The minimum Gasteiger partial charge on any atom is -0.406 e. The first-order valence-electron chi connectivity index (χ1n) is 6.25. The summed E-state index contributed by atoms with van der Waals surface area (Å²) in [4.78, 5) is 0. The summed E-state index contributed by atoms with van der Waals surface area (Å²) in [6, 6.07) is 5.11. The number of anilines is 2. The zero-order valence-corrected chi connectivity index (χ0v) is 11.0. The summed E-state index contributed by atoms with van der Waals surface area (Å²) in [5, 5.41) is 13.8. The summed E-state index contributed by atoms with van der Waals surface area (Å²) < 4.78 is 18.8. The van der Waals surface area contributed by atoms with Crippen molar-refractivity contribution in [3.63, 3.8) is 0 Å². The Labute approximate surface area is 111 Å². The van der Waals surface area contributed by atoms with E-state index in [0.717, 1.165) is 13.0 Å². The van der Waals surface area contributed by atoms with Crippen LogP contribution >= 0.6 is 0 Å². The lowest BCUT2D eigenvalue weighted by atomic mass is 10.2. The Morgan fingerprint density at radius 3 is 2.89 bits per heavy atom. The number of nitrogens with one attached hydrogen (secondary N) is 2. The summed E-state index contributed by atoms with van der Waals surface area (Å²) in [5.41, 5.74) is 1.18. The fourth-order valence-electron chi connectivity index (χ4n) is 1.54. The van der Waals surface area contributed by atoms with Crippen molar-refractivity contribution in [2.45, 2.75) is 26.8 Å². The van der Waals surface area contributed by atoms with Crippen LogP contribution in [0.2, 0.25) is 0 Å². The van der Waals surface area contributed by atoms with Crippen LogP contribution in [0.25, 0.3) is 0 Å². The van der Waals surface area contributed by atoms with E-state index < -0.39 is 0 Å². The second-order valence-corrected chi connectivity index (χ2v) is 4.27. The lowest BCUT2D eigenvalue weighted by Crippen LogP contribution is -2.13. The van der Waals surface area contributed by atoms with Crippen LogP contribution in [0.15, 0.2) is 22.6 Å². The summed E-state index contributed by atoms with van der Waals surface area (Å²) in [7, 11) is 0. The molecule has 1 heterocycles. The van der Waals surface area contributed by atoms with Crippen molar-refractivity contribution < 1.29 is 8.81 Å². The summed E-state index contributed by atoms with van der Waals surface area (Å²) >= 11 is 0. The molecule has 0 bridgehead atoms. The molecule has 0 saturated carbocycles. The van der Waals surface area contributed by atoms with E-state index >= 15 is 0 Å². The van der Waals surface area contributed by atoms with Crippen LogP contribution in [-0.4, -0.2) is 16.7 Å². The SMILES string of the molecule is CCCNCc1nnc(Nc2ccc(C)c(F)c2)o1. The van der Waals surface area contributed by atoms with E-state index in [1.54, 1.807) is 19.1 Å². The smallest absolute Gasteiger partial charge is 0.320 e. The molecular formula is C13H17FN4O. The van der Waals surface area contributed by atoms with Gasteiger partial charge in [0, 0.05) is 5.69 Å². The molecule has 0 radical (unpaired) electrons. The first kappa shape index (κ1) is 13.5. The fraction of sp³-hybridized carbons (Fsp3) is 0.385. The maximum Gasteiger partial charge on any atom is 0.320 e. The molecule has 0 saturated heterocycles. The van der Waals surface area contributed by atoms with Gasteiger partial charge < -0.3 is 15.1 Å². The molecule has 2 N–H and O–H groups in total. The zero-order chi connectivity index (χ0) is 13.7. The van der Waals surface area contributed by atoms with Gasteiger partial charge in [-0.2, -0.15) is 0 Å². The molecule has 6 heteroatoms. The van der Waals surface area contributed by atoms with Crippen LogP contribution in [0.3, 0.4) is 0 Å². The van der Waals surface area contributed by atoms with Gasteiger partial charge in [0.1, 0.15) is 5.82 Å². The van der Waals surface area contributed by atoms with E-state index in [-0.39, 0.29) is 11.8 Å². The third-order valence-electron chi connectivity index (χ3n) is 2.59. The third-order valence-corrected chi connectivity index (χ3v) is 2.59. The molecule has 102 valence electrons. The molecule has 2 aromatic rings. The molecule has 1 aromatic carbocycles. The minimum absolute atomic E-state index is 0.261. The number of rotatable bonds is 6. The Balaban J connectivity index is 1.97. The normalized spacial score (nSPS) is 10.7. The molecule has 0 aliphatic carbocycles. The van der Waals surface area contributed by atoms with Gasteiger partial charge in [-0.15, -0.1) is 5.10 Å². The van der Waals surface area contributed by atoms with Gasteiger partial charge in [0.25, 0.3) is 0 Å². The van der Waals surface area contributed by atoms with Crippen LogP contribution in [0.4, 0.5) is 16.1 Å². The fourth-order valence-corrected chi connectivity index (χ4v) is 1.54. The number of halogens is 1. The van der Waals surface area contributed by atoms with Crippen molar-refractivity contribution >= 4 is 11.7 Å². The van der Waals surface area contributed by atoms with Gasteiger partial charge in [-0.3, -0.25) is 0 Å². The molecular weight excluding hydrogens is 247 g/mol. The highest BCUT2D eigenvalue weighted by atomic mass is 19.1. The van der Waals surface area contributed by atoms with Crippen LogP contribution in [0, 0.1) is 12.7 Å². The van der Waals surface area contributed by atoms with E-state index in [2.05, 4.69) is 27.8 Å². The largest absolute Gasteiger partial charge is 0.406 e. The second kappa shape index (κ2) is 6.29. The van der Waals surface area contributed by atoms with Gasteiger partial charge in [0.15, 0.2) is 0 Å². The molecule has 2 rings (SSSR count). The van der Waals surface area contributed by atoms with Crippen LogP contribution in [-0.2, 0) is 6.54 Å². The molecule has 1 aromatic heterocycles. The van der Waals surface area contributed by atoms with E-state index in [1.165, 1.54) is 6.07 Å². The molecule has 0 spiro atoms. The van der Waals surface area contributed by atoms with Crippen molar-refractivity contribution in [2.75, 3.05) is 11.9 Å². The number of hydrogen-bond donors (Lipinski definition) is 2. The van der Waals surface area contributed by atoms with Gasteiger partial charge in [-0.05, 0) is 37.6 Å². The number of aromatic nitrogens is 2. The summed E-state index contributed by atoms with van der Waals surface area (Å²) in [6.07, 6.45) is 1.04. The van der Waals surface area contributed by atoms with E-state index in [4.69, 9.17) is 4.42 Å². The lowest BCUT2D eigenvalue weighted by molar-refractivity contribution is 0.479. The van der Waals surface area contributed by atoms with Crippen molar-refractivity contribution in [2.24, 2.45) is 0 Å². The van der Waals surface area contributed by atoms with Crippen molar-refractivity contribution in [3.05, 3.63) is 35.5 Å². The monoisotopic (exact) mass is 264 g/mol. The molecule has 0 atom stereocenters. The topological polar surface area (TPSA) is 63.0 Å². The highest BCUT2D eigenvalue weighted by Crippen LogP contribution is 2.18. The van der Waals surface area contributed by atoms with Crippen molar-refractivity contribution in [1.29, 1.82) is 0 Å². The number of hydrogen-bond acceptors (Lipinski definition) is 5. The van der Waals surface area contributed by atoms with E-state index in [1.807, 2.05) is 0 Å². The predicted octanol–water partition coefficient (Wildman–Crippen LogP) is 2.76. The van der Waals surface area contributed by atoms with Gasteiger partial charge in [-0.1, -0.05) is 18.1 Å². The average Bonchev–Trinajstić information content (AvgIpc) is 2.82. The second-order valence-electron chi connectivity index (χ2n) is 4.27. The molecule has 0 amide bonds. The number of aryl methyl sites for hydroxylation is 1. The third kappa shape index (κ3) is 3.75. The van der Waals surface area contributed by atoms with Gasteiger partial charge in [-0.25, -0.2) is 4.39 Å². The Hall–Kier alpha value is -1.95. The van der Waals surface area contributed by atoms with Crippen LogP contribution < -0.4 is 10.6 Å². The molecule has 0 unspecified atom stereocenters. The first-order chi connectivity index (χ1) is 9.19. The predicted molar refractivity (Wildman–Crippen MR) is 70.7 cm³/mol. The maximum absolute atomic E-state index is 13.4. The Kier molecular flexibility index (Phi) is 4.46. The van der Waals surface area contributed by atoms with Crippen LogP contribution in [0.1, 0.15) is 24.8 Å². The van der Waals surface area contributed by atoms with Gasteiger partial charge in [0.2, 0.25) is 5.89 Å². The number of nitrogens with zero attached hydrogens (tertiary/aromatic N) is 2. The molecule has 5 nitrogen and oxygen atoms in total. The molecule has 0 aliphatic rings. The molecule has 0 aliphatic heterocycles. The quantitative estimate of drug-likeness (QED) is 0.785.